The van der Waals surface area contributed by atoms with Gasteiger partial charge in [-0.2, -0.15) is 12.6 Å². The molecule has 1 rings (SSSR count). The van der Waals surface area contributed by atoms with E-state index in [-0.39, 0.29) is 0 Å². The van der Waals surface area contributed by atoms with Crippen LogP contribution in [0, 0.1) is 5.92 Å². The number of rotatable bonds is 7. The van der Waals surface area contributed by atoms with Gasteiger partial charge in [0, 0.05) is 5.25 Å². The fourth-order valence-electron chi connectivity index (χ4n) is 2.25. The van der Waals surface area contributed by atoms with Crippen LogP contribution in [-0.4, -0.2) is 5.25 Å². The average molecular weight is 250 g/mol. The minimum Gasteiger partial charge on any atom is -0.176 e. The van der Waals surface area contributed by atoms with Gasteiger partial charge in [0.15, 0.2) is 0 Å². The Morgan fingerprint density at radius 2 is 1.53 bits per heavy atom. The molecule has 0 spiro atoms. The number of benzene rings is 1. The molecule has 1 unspecified atom stereocenters. The van der Waals surface area contributed by atoms with Crippen molar-refractivity contribution in [2.24, 2.45) is 5.92 Å². The third-order valence-electron chi connectivity index (χ3n) is 3.55. The summed E-state index contributed by atoms with van der Waals surface area (Å²) in [6.45, 7) is 6.74. The predicted molar refractivity (Wildman–Crippen MR) is 81.0 cm³/mol. The molecule has 0 heterocycles. The topological polar surface area (TPSA) is 0 Å². The van der Waals surface area contributed by atoms with Crippen LogP contribution in [-0.2, 0) is 12.8 Å². The van der Waals surface area contributed by atoms with Crippen molar-refractivity contribution in [3.8, 4) is 0 Å². The second kappa shape index (κ2) is 7.81. The van der Waals surface area contributed by atoms with E-state index in [2.05, 4.69) is 57.7 Å². The molecule has 17 heavy (non-hydrogen) atoms. The maximum absolute atomic E-state index is 4.43. The van der Waals surface area contributed by atoms with Gasteiger partial charge in [-0.05, 0) is 36.3 Å². The normalized spacial score (nSPS) is 13.0. The lowest BCUT2D eigenvalue weighted by molar-refractivity contribution is 0.456. The van der Waals surface area contributed by atoms with Crippen LogP contribution >= 0.6 is 12.6 Å². The maximum atomic E-state index is 4.43. The summed E-state index contributed by atoms with van der Waals surface area (Å²) in [4.78, 5) is 0. The summed E-state index contributed by atoms with van der Waals surface area (Å²) in [6.07, 6.45) is 6.24. The molecule has 0 aromatic heterocycles. The Labute approximate surface area is 112 Å². The van der Waals surface area contributed by atoms with Gasteiger partial charge in [0.1, 0.15) is 0 Å². The molecule has 0 radical (unpaired) electrons. The molecule has 1 atom stereocenters. The van der Waals surface area contributed by atoms with Gasteiger partial charge in [-0.1, -0.05) is 57.9 Å². The Bertz CT molecular complexity index is 296. The predicted octanol–water partition coefficient (Wildman–Crippen LogP) is 4.92. The third-order valence-corrected chi connectivity index (χ3v) is 3.73. The van der Waals surface area contributed by atoms with Gasteiger partial charge in [0.05, 0.1) is 0 Å². The summed E-state index contributed by atoms with van der Waals surface area (Å²) < 4.78 is 0. The monoisotopic (exact) mass is 250 g/mol. The Hall–Kier alpha value is -0.430. The van der Waals surface area contributed by atoms with Gasteiger partial charge in [0.2, 0.25) is 0 Å². The molecule has 0 aliphatic rings. The second-order valence-electron chi connectivity index (χ2n) is 5.09. The summed E-state index contributed by atoms with van der Waals surface area (Å²) >= 11 is 4.43. The number of hydrogen-bond acceptors (Lipinski definition) is 1. The van der Waals surface area contributed by atoms with Gasteiger partial charge >= 0.3 is 0 Å². The molecule has 0 bridgehead atoms. The SMILES string of the molecule is CCC(CC)CCc1ccc(CC(C)S)cc1. The lowest BCUT2D eigenvalue weighted by Gasteiger charge is -2.12. The standard InChI is InChI=1S/C16H26S/c1-4-14(5-2)6-7-15-8-10-16(11-9-15)12-13(3)17/h8-11,13-14,17H,4-7,12H2,1-3H3. The largest absolute Gasteiger partial charge is 0.176 e. The van der Waals surface area contributed by atoms with Crippen molar-refractivity contribution in [2.75, 3.05) is 0 Å². The van der Waals surface area contributed by atoms with E-state index >= 15 is 0 Å². The Kier molecular flexibility index (Phi) is 6.72. The number of aryl methyl sites for hydroxylation is 1. The van der Waals surface area contributed by atoms with Crippen LogP contribution in [0.3, 0.4) is 0 Å². The minimum atomic E-state index is 0.449. The van der Waals surface area contributed by atoms with Crippen LogP contribution in [0.25, 0.3) is 0 Å². The van der Waals surface area contributed by atoms with Gasteiger partial charge < -0.3 is 0 Å². The molecule has 1 aromatic carbocycles. The summed E-state index contributed by atoms with van der Waals surface area (Å²) in [6, 6.07) is 9.09. The summed E-state index contributed by atoms with van der Waals surface area (Å²) in [5.74, 6) is 0.896. The summed E-state index contributed by atoms with van der Waals surface area (Å²) in [7, 11) is 0. The molecule has 1 aromatic rings. The van der Waals surface area contributed by atoms with Crippen LogP contribution in [0.4, 0.5) is 0 Å². The van der Waals surface area contributed by atoms with Crippen molar-refractivity contribution < 1.29 is 0 Å². The van der Waals surface area contributed by atoms with Gasteiger partial charge in [-0.25, -0.2) is 0 Å². The van der Waals surface area contributed by atoms with E-state index in [0.29, 0.717) is 5.25 Å². The van der Waals surface area contributed by atoms with Crippen molar-refractivity contribution in [2.45, 2.75) is 58.1 Å². The maximum Gasteiger partial charge on any atom is 0.00288 e. The first-order valence-corrected chi connectivity index (χ1v) is 7.43. The van der Waals surface area contributed by atoms with Crippen molar-refractivity contribution in [3.05, 3.63) is 35.4 Å². The zero-order chi connectivity index (χ0) is 12.7. The van der Waals surface area contributed by atoms with Crippen molar-refractivity contribution >= 4 is 12.6 Å². The number of hydrogen-bond donors (Lipinski definition) is 1. The van der Waals surface area contributed by atoms with E-state index in [1.807, 2.05) is 0 Å². The van der Waals surface area contributed by atoms with Crippen molar-refractivity contribution in [1.29, 1.82) is 0 Å². The van der Waals surface area contributed by atoms with Crippen LogP contribution in [0.15, 0.2) is 24.3 Å². The smallest absolute Gasteiger partial charge is 0.00288 e. The lowest BCUT2D eigenvalue weighted by Crippen LogP contribution is -2.00. The molecule has 96 valence electrons. The molecule has 0 aliphatic heterocycles. The molecule has 0 nitrogen and oxygen atoms in total. The molecule has 0 amide bonds. The van der Waals surface area contributed by atoms with E-state index in [1.54, 1.807) is 0 Å². The first kappa shape index (κ1) is 14.6. The third kappa shape index (κ3) is 5.63. The Morgan fingerprint density at radius 3 is 2.00 bits per heavy atom. The van der Waals surface area contributed by atoms with E-state index in [9.17, 15) is 0 Å². The van der Waals surface area contributed by atoms with Gasteiger partial charge in [0.25, 0.3) is 0 Å². The molecule has 0 saturated carbocycles. The van der Waals surface area contributed by atoms with Crippen molar-refractivity contribution in [3.63, 3.8) is 0 Å². The van der Waals surface area contributed by atoms with Crippen LogP contribution in [0.2, 0.25) is 0 Å². The Balaban J connectivity index is 2.45. The molecular weight excluding hydrogens is 224 g/mol. The molecule has 1 heteroatoms. The highest BCUT2D eigenvalue weighted by atomic mass is 32.1. The fourth-order valence-corrected chi connectivity index (χ4v) is 2.46. The van der Waals surface area contributed by atoms with Gasteiger partial charge in [-0.3, -0.25) is 0 Å². The van der Waals surface area contributed by atoms with Crippen LogP contribution < -0.4 is 0 Å². The van der Waals surface area contributed by atoms with E-state index in [1.165, 1.54) is 36.8 Å². The average Bonchev–Trinajstić information content (AvgIpc) is 2.32. The van der Waals surface area contributed by atoms with Crippen LogP contribution in [0.5, 0.6) is 0 Å². The van der Waals surface area contributed by atoms with Crippen LogP contribution in [0.1, 0.15) is 51.2 Å². The Morgan fingerprint density at radius 1 is 1.00 bits per heavy atom. The molecule has 0 N–H and O–H groups in total. The van der Waals surface area contributed by atoms with Gasteiger partial charge in [-0.15, -0.1) is 0 Å². The van der Waals surface area contributed by atoms with E-state index in [0.717, 1.165) is 12.3 Å². The highest BCUT2D eigenvalue weighted by Gasteiger charge is 2.04. The summed E-state index contributed by atoms with van der Waals surface area (Å²) in [5.41, 5.74) is 2.88. The molecule has 0 fully saturated rings. The fraction of sp³-hybridized carbons (Fsp3) is 0.625. The first-order valence-electron chi connectivity index (χ1n) is 6.91. The van der Waals surface area contributed by atoms with Crippen molar-refractivity contribution in [1.82, 2.24) is 0 Å². The zero-order valence-electron chi connectivity index (χ0n) is 11.4. The molecular formula is C16H26S. The zero-order valence-corrected chi connectivity index (χ0v) is 12.3. The first-order chi connectivity index (χ1) is 8.15. The quantitative estimate of drug-likeness (QED) is 0.653. The summed E-state index contributed by atoms with van der Waals surface area (Å²) in [5, 5.41) is 0.449. The highest BCUT2D eigenvalue weighted by Crippen LogP contribution is 2.17. The number of thiol groups is 1. The highest BCUT2D eigenvalue weighted by molar-refractivity contribution is 7.80. The minimum absolute atomic E-state index is 0.449. The molecule has 0 aliphatic carbocycles. The van der Waals surface area contributed by atoms with E-state index in [4.69, 9.17) is 0 Å². The lowest BCUT2D eigenvalue weighted by atomic mass is 9.94. The van der Waals surface area contributed by atoms with E-state index < -0.39 is 0 Å². The molecule has 0 saturated heterocycles. The second-order valence-corrected chi connectivity index (χ2v) is 5.97.